The van der Waals surface area contributed by atoms with Crippen LogP contribution >= 0.6 is 0 Å². The average Bonchev–Trinajstić information content (AvgIpc) is 3.67. The van der Waals surface area contributed by atoms with Gasteiger partial charge in [0.05, 0.1) is 18.2 Å². The first kappa shape index (κ1) is 52.8. The summed E-state index contributed by atoms with van der Waals surface area (Å²) in [6, 6.07) is 10.8. The molecule has 13 nitrogen and oxygen atoms in total. The Labute approximate surface area is 331 Å². The molecule has 1 aromatic rings. The van der Waals surface area contributed by atoms with Crippen LogP contribution in [0.15, 0.2) is 48.6 Å². The van der Waals surface area contributed by atoms with Crippen LogP contribution in [0.4, 0.5) is 0 Å². The Kier molecular flexibility index (Phi) is 30.8. The molecule has 1 aliphatic carbocycles. The van der Waals surface area contributed by atoms with Gasteiger partial charge >= 0.3 is 0 Å². The van der Waals surface area contributed by atoms with Crippen LogP contribution in [-0.4, -0.2) is 91.3 Å². The maximum atomic E-state index is 13.8. The van der Waals surface area contributed by atoms with Gasteiger partial charge in [0.2, 0.25) is 30.0 Å². The first-order valence-corrected chi connectivity index (χ1v) is 19.9. The van der Waals surface area contributed by atoms with Gasteiger partial charge in [-0.2, -0.15) is 0 Å². The number of primary amides is 1. The third-order valence-electron chi connectivity index (χ3n) is 8.31. The van der Waals surface area contributed by atoms with E-state index in [0.29, 0.717) is 32.3 Å². The van der Waals surface area contributed by atoms with Gasteiger partial charge in [-0.3, -0.25) is 28.8 Å². The summed E-state index contributed by atoms with van der Waals surface area (Å²) in [7, 11) is 1.56. The third kappa shape index (κ3) is 26.2. The second kappa shape index (κ2) is 32.0. The van der Waals surface area contributed by atoms with E-state index in [2.05, 4.69) is 47.4 Å². The van der Waals surface area contributed by atoms with Crippen LogP contribution in [0, 0.1) is 5.92 Å². The molecule has 55 heavy (non-hydrogen) atoms. The van der Waals surface area contributed by atoms with Crippen molar-refractivity contribution < 1.29 is 33.5 Å². The fourth-order valence-corrected chi connectivity index (χ4v) is 5.60. The molecule has 6 amide bonds. The predicted molar refractivity (Wildman–Crippen MR) is 221 cm³/mol. The third-order valence-corrected chi connectivity index (χ3v) is 8.31. The molecular weight excluding hydrogens is 700 g/mol. The Bertz CT molecular complexity index is 1200. The molecule has 0 radical (unpaired) electrons. The SMILES string of the molecule is C=C(C(=O)NCC(=O)NCC)C(CCC)NC(=O)C1CCCN1C(=O)C(OC(C)(C)C)C1CCCCC1.CC(N)=O.CCCC.CNC=O.c1ccccc1. The van der Waals surface area contributed by atoms with Crippen molar-refractivity contribution in [2.24, 2.45) is 11.7 Å². The molecule has 0 bridgehead atoms. The van der Waals surface area contributed by atoms with Gasteiger partial charge in [-0.05, 0) is 65.7 Å². The second-order valence-corrected chi connectivity index (χ2v) is 14.4. The van der Waals surface area contributed by atoms with Gasteiger partial charge in [0.25, 0.3) is 5.91 Å². The first-order chi connectivity index (χ1) is 26.0. The highest BCUT2D eigenvalue weighted by Crippen LogP contribution is 2.33. The summed E-state index contributed by atoms with van der Waals surface area (Å²) in [6.07, 6.45) is 10.5. The van der Waals surface area contributed by atoms with Gasteiger partial charge in [-0.25, -0.2) is 0 Å². The van der Waals surface area contributed by atoms with Crippen LogP contribution < -0.4 is 27.0 Å². The number of hydrogen-bond acceptors (Lipinski definition) is 7. The Morgan fingerprint density at radius 2 is 1.38 bits per heavy atom. The number of likely N-dealkylation sites (tertiary alicyclic amines) is 1. The van der Waals surface area contributed by atoms with E-state index in [0.717, 1.165) is 38.5 Å². The van der Waals surface area contributed by atoms with Gasteiger partial charge in [0.15, 0.2) is 0 Å². The number of benzene rings is 1. The molecule has 1 aromatic carbocycles. The van der Waals surface area contributed by atoms with Gasteiger partial charge in [0.1, 0.15) is 12.1 Å². The number of carbonyl (C=O) groups is 6. The molecule has 3 rings (SSSR count). The number of carbonyl (C=O) groups excluding carboxylic acids is 6. The molecule has 3 atom stereocenters. The zero-order chi connectivity index (χ0) is 42.2. The summed E-state index contributed by atoms with van der Waals surface area (Å²) < 4.78 is 6.31. The van der Waals surface area contributed by atoms with Crippen LogP contribution in [0.3, 0.4) is 0 Å². The lowest BCUT2D eigenvalue weighted by Crippen LogP contribution is -2.54. The van der Waals surface area contributed by atoms with Crippen molar-refractivity contribution in [3.63, 3.8) is 0 Å². The van der Waals surface area contributed by atoms with E-state index < -0.39 is 29.7 Å². The molecule has 1 saturated carbocycles. The van der Waals surface area contributed by atoms with Gasteiger partial charge < -0.3 is 36.6 Å². The lowest BCUT2D eigenvalue weighted by Gasteiger charge is -2.37. The lowest BCUT2D eigenvalue weighted by molar-refractivity contribution is -0.163. The highest BCUT2D eigenvalue weighted by molar-refractivity contribution is 5.97. The molecule has 0 spiro atoms. The van der Waals surface area contributed by atoms with Crippen molar-refractivity contribution in [1.29, 1.82) is 0 Å². The molecule has 6 N–H and O–H groups in total. The van der Waals surface area contributed by atoms with Crippen molar-refractivity contribution in [3.8, 4) is 0 Å². The molecule has 2 aliphatic rings. The number of nitrogens with zero attached hydrogens (tertiary/aromatic N) is 1. The topological polar surface area (TPSA) is 189 Å². The molecular formula is C42H74N6O7. The number of rotatable bonds is 14. The smallest absolute Gasteiger partial charge is 0.252 e. The number of nitrogens with one attached hydrogen (secondary N) is 4. The van der Waals surface area contributed by atoms with E-state index in [1.165, 1.54) is 26.2 Å². The molecule has 3 unspecified atom stereocenters. The van der Waals surface area contributed by atoms with Crippen molar-refractivity contribution in [2.45, 2.75) is 150 Å². The van der Waals surface area contributed by atoms with Crippen LogP contribution in [0.1, 0.15) is 126 Å². The van der Waals surface area contributed by atoms with E-state index in [9.17, 15) is 24.0 Å². The predicted octanol–water partition coefficient (Wildman–Crippen LogP) is 5.18. The summed E-state index contributed by atoms with van der Waals surface area (Å²) in [6.45, 7) is 20.0. The van der Waals surface area contributed by atoms with Crippen LogP contribution in [0.2, 0.25) is 0 Å². The number of hydrogen-bond donors (Lipinski definition) is 5. The maximum Gasteiger partial charge on any atom is 0.252 e. The number of nitrogens with two attached hydrogens (primary N) is 1. The minimum absolute atomic E-state index is 0.106. The van der Waals surface area contributed by atoms with Crippen molar-refractivity contribution in [3.05, 3.63) is 48.6 Å². The number of ether oxygens (including phenoxy) is 1. The van der Waals surface area contributed by atoms with E-state index in [1.807, 2.05) is 64.1 Å². The quantitative estimate of drug-likeness (QED) is 0.127. The lowest BCUT2D eigenvalue weighted by atomic mass is 9.84. The molecule has 0 aromatic heterocycles. The first-order valence-electron chi connectivity index (χ1n) is 19.9. The molecule has 1 saturated heterocycles. The molecule has 314 valence electrons. The minimum Gasteiger partial charge on any atom is -0.370 e. The normalized spacial score (nSPS) is 15.8. The van der Waals surface area contributed by atoms with E-state index in [1.54, 1.807) is 18.9 Å². The molecule has 1 aliphatic heterocycles. The van der Waals surface area contributed by atoms with Crippen molar-refractivity contribution >= 4 is 35.9 Å². The van der Waals surface area contributed by atoms with Crippen molar-refractivity contribution in [1.82, 2.24) is 26.2 Å². The number of amides is 6. The van der Waals surface area contributed by atoms with E-state index >= 15 is 0 Å². The molecule has 1 heterocycles. The van der Waals surface area contributed by atoms with Crippen LogP contribution in [0.5, 0.6) is 0 Å². The van der Waals surface area contributed by atoms with Gasteiger partial charge in [0, 0.05) is 32.6 Å². The standard InChI is InChI=1S/C28H48N4O5.C6H6.C4H10.2C2H5NO/c1-7-13-21(19(3)25(34)30-18-23(33)29-8-2)31-26(35)22-16-12-17-32(22)27(36)24(37-28(4,5)6)20-14-10-9-11-15-20;1-2-4-6-5-3-1;1-3-4-2;1-3-2-4;1-2(3)4/h20-22,24H,3,7-18H2,1-2,4-6H3,(H,29,33)(H,30,34)(H,31,35);1-6H;3-4H2,1-2H3;2H,1H3,(H,3,4);1H3,(H2,3,4). The van der Waals surface area contributed by atoms with E-state index in [-0.39, 0.29) is 41.7 Å². The van der Waals surface area contributed by atoms with Crippen LogP contribution in [0.25, 0.3) is 0 Å². The van der Waals surface area contributed by atoms with E-state index in [4.69, 9.17) is 9.53 Å². The van der Waals surface area contributed by atoms with Gasteiger partial charge in [-0.1, -0.05) is 102 Å². The summed E-state index contributed by atoms with van der Waals surface area (Å²) in [4.78, 5) is 71.5. The summed E-state index contributed by atoms with van der Waals surface area (Å²) in [5, 5.41) is 10.4. The zero-order valence-corrected chi connectivity index (χ0v) is 35.3. The van der Waals surface area contributed by atoms with Crippen LogP contribution in [-0.2, 0) is 33.5 Å². The Balaban J connectivity index is 0. The second-order valence-electron chi connectivity index (χ2n) is 14.4. The number of unbranched alkanes of at least 4 members (excludes halogenated alkanes) is 1. The average molecular weight is 775 g/mol. The highest BCUT2D eigenvalue weighted by Gasteiger charge is 2.42. The largest absolute Gasteiger partial charge is 0.370 e. The summed E-state index contributed by atoms with van der Waals surface area (Å²) in [5.74, 6) is -1.32. The fourth-order valence-electron chi connectivity index (χ4n) is 5.60. The maximum absolute atomic E-state index is 13.8. The molecule has 13 heteroatoms. The van der Waals surface area contributed by atoms with Crippen molar-refractivity contribution in [2.75, 3.05) is 26.7 Å². The van der Waals surface area contributed by atoms with Gasteiger partial charge in [-0.15, -0.1) is 0 Å². The monoisotopic (exact) mass is 775 g/mol. The Hall–Kier alpha value is -4.26. The zero-order valence-electron chi connectivity index (χ0n) is 35.3. The summed E-state index contributed by atoms with van der Waals surface area (Å²) >= 11 is 0. The number of likely N-dealkylation sites (N-methyl/N-ethyl adjacent to an activating group) is 1. The highest BCUT2D eigenvalue weighted by atomic mass is 16.5. The fraction of sp³-hybridized carbons (Fsp3) is 0.667. The molecule has 2 fully saturated rings. The Morgan fingerprint density at radius 1 is 0.873 bits per heavy atom. The Morgan fingerprint density at radius 3 is 1.80 bits per heavy atom. The summed E-state index contributed by atoms with van der Waals surface area (Å²) in [5.41, 5.74) is 4.20. The minimum atomic E-state index is -0.604.